The van der Waals surface area contributed by atoms with Gasteiger partial charge in [-0.15, -0.1) is 0 Å². The third kappa shape index (κ3) is 2.50. The van der Waals surface area contributed by atoms with Gasteiger partial charge in [-0.25, -0.2) is 5.84 Å². The van der Waals surface area contributed by atoms with Crippen LogP contribution < -0.4 is 5.84 Å². The van der Waals surface area contributed by atoms with Crippen molar-refractivity contribution >= 4 is 5.91 Å². The van der Waals surface area contributed by atoms with Crippen LogP contribution in [0.2, 0.25) is 0 Å². The number of nitrogens with two attached hydrogens (primary N) is 1. The van der Waals surface area contributed by atoms with E-state index in [1.807, 2.05) is 0 Å². The van der Waals surface area contributed by atoms with Gasteiger partial charge in [-0.1, -0.05) is 12.8 Å². The van der Waals surface area contributed by atoms with E-state index < -0.39 is 0 Å². The molecule has 0 saturated heterocycles. The fourth-order valence-corrected chi connectivity index (χ4v) is 1.61. The molecule has 1 fully saturated rings. The van der Waals surface area contributed by atoms with Crippen molar-refractivity contribution in [1.29, 1.82) is 0 Å². The number of amides is 1. The minimum Gasteiger partial charge on any atom is -0.284 e. The molecule has 0 atom stereocenters. The standard InChI is InChI=1S/C8H16N2O/c1-10(9)8(11)6-7-4-2-3-5-7/h7H,2-6,9H2,1H3. The Morgan fingerprint density at radius 1 is 1.55 bits per heavy atom. The lowest BCUT2D eigenvalue weighted by Crippen LogP contribution is -2.34. The molecule has 0 aromatic heterocycles. The second-order valence-corrected chi connectivity index (χ2v) is 3.36. The minimum absolute atomic E-state index is 0.0666. The number of hydrazine groups is 1. The van der Waals surface area contributed by atoms with Gasteiger partial charge in [-0.05, 0) is 18.8 Å². The van der Waals surface area contributed by atoms with E-state index >= 15 is 0 Å². The number of carbonyl (C=O) groups is 1. The van der Waals surface area contributed by atoms with Crippen LogP contribution in [-0.4, -0.2) is 18.0 Å². The number of hydrogen-bond acceptors (Lipinski definition) is 2. The maximum Gasteiger partial charge on any atom is 0.236 e. The predicted octanol–water partition coefficient (Wildman–Crippen LogP) is 0.899. The highest BCUT2D eigenvalue weighted by atomic mass is 16.2. The molecular weight excluding hydrogens is 140 g/mol. The first-order valence-corrected chi connectivity index (χ1v) is 4.21. The Balaban J connectivity index is 2.24. The Bertz CT molecular complexity index is 139. The van der Waals surface area contributed by atoms with Gasteiger partial charge in [0.05, 0.1) is 0 Å². The summed E-state index contributed by atoms with van der Waals surface area (Å²) < 4.78 is 0. The van der Waals surface area contributed by atoms with Gasteiger partial charge < -0.3 is 0 Å². The average Bonchev–Trinajstić information content (AvgIpc) is 2.39. The van der Waals surface area contributed by atoms with Crippen molar-refractivity contribution in [3.05, 3.63) is 0 Å². The van der Waals surface area contributed by atoms with Crippen LogP contribution in [0.3, 0.4) is 0 Å². The molecule has 2 N–H and O–H groups in total. The smallest absolute Gasteiger partial charge is 0.236 e. The molecule has 1 saturated carbocycles. The van der Waals surface area contributed by atoms with Gasteiger partial charge in [0.25, 0.3) is 0 Å². The van der Waals surface area contributed by atoms with Crippen molar-refractivity contribution < 1.29 is 4.79 Å². The van der Waals surface area contributed by atoms with E-state index in [1.54, 1.807) is 7.05 Å². The van der Waals surface area contributed by atoms with E-state index in [2.05, 4.69) is 0 Å². The largest absolute Gasteiger partial charge is 0.284 e. The summed E-state index contributed by atoms with van der Waals surface area (Å²) in [5.74, 6) is 5.97. The maximum absolute atomic E-state index is 11.1. The van der Waals surface area contributed by atoms with Crippen LogP contribution in [0.15, 0.2) is 0 Å². The van der Waals surface area contributed by atoms with Gasteiger partial charge in [0, 0.05) is 13.5 Å². The Hall–Kier alpha value is -0.570. The fraction of sp³-hybridized carbons (Fsp3) is 0.875. The highest BCUT2D eigenvalue weighted by molar-refractivity contribution is 5.75. The molecule has 0 spiro atoms. The van der Waals surface area contributed by atoms with Crippen LogP contribution in [0.4, 0.5) is 0 Å². The number of carbonyl (C=O) groups excluding carboxylic acids is 1. The zero-order valence-corrected chi connectivity index (χ0v) is 7.05. The molecule has 0 bridgehead atoms. The van der Waals surface area contributed by atoms with E-state index in [9.17, 15) is 4.79 Å². The van der Waals surface area contributed by atoms with E-state index in [0.717, 1.165) is 0 Å². The van der Waals surface area contributed by atoms with Crippen LogP contribution in [-0.2, 0) is 4.79 Å². The van der Waals surface area contributed by atoms with Crippen molar-refractivity contribution in [3.63, 3.8) is 0 Å². The van der Waals surface area contributed by atoms with E-state index in [0.29, 0.717) is 12.3 Å². The minimum atomic E-state index is 0.0666. The fourth-order valence-electron chi connectivity index (χ4n) is 1.61. The summed E-state index contributed by atoms with van der Waals surface area (Å²) in [5.41, 5.74) is 0. The zero-order chi connectivity index (χ0) is 8.27. The van der Waals surface area contributed by atoms with E-state index in [4.69, 9.17) is 5.84 Å². The van der Waals surface area contributed by atoms with Crippen LogP contribution in [0.25, 0.3) is 0 Å². The molecule has 1 amide bonds. The highest BCUT2D eigenvalue weighted by Gasteiger charge is 2.19. The Morgan fingerprint density at radius 3 is 2.55 bits per heavy atom. The molecule has 3 heteroatoms. The SMILES string of the molecule is CN(N)C(=O)CC1CCCC1. The lowest BCUT2D eigenvalue weighted by atomic mass is 10.0. The second kappa shape index (κ2) is 3.72. The van der Waals surface area contributed by atoms with Gasteiger partial charge in [0.15, 0.2) is 0 Å². The molecule has 0 aromatic rings. The Morgan fingerprint density at radius 2 is 2.09 bits per heavy atom. The molecule has 1 aliphatic carbocycles. The van der Waals surface area contributed by atoms with Crippen LogP contribution >= 0.6 is 0 Å². The van der Waals surface area contributed by atoms with E-state index in [-0.39, 0.29) is 5.91 Å². The molecule has 11 heavy (non-hydrogen) atoms. The highest BCUT2D eigenvalue weighted by Crippen LogP contribution is 2.27. The normalized spacial score (nSPS) is 18.7. The molecule has 1 rings (SSSR count). The lowest BCUT2D eigenvalue weighted by Gasteiger charge is -2.12. The molecule has 0 aliphatic heterocycles. The summed E-state index contributed by atoms with van der Waals surface area (Å²) in [4.78, 5) is 11.1. The predicted molar refractivity (Wildman–Crippen MR) is 43.5 cm³/mol. The van der Waals surface area contributed by atoms with Gasteiger partial charge in [0.2, 0.25) is 5.91 Å². The number of rotatable bonds is 2. The summed E-state index contributed by atoms with van der Waals surface area (Å²) in [6.07, 6.45) is 5.63. The molecule has 0 unspecified atom stereocenters. The molecular formula is C8H16N2O. The van der Waals surface area contributed by atoms with Gasteiger partial charge in [-0.3, -0.25) is 9.80 Å². The van der Waals surface area contributed by atoms with Crippen LogP contribution in [0.5, 0.6) is 0 Å². The number of hydrogen-bond donors (Lipinski definition) is 1. The van der Waals surface area contributed by atoms with Crippen LogP contribution in [0.1, 0.15) is 32.1 Å². The monoisotopic (exact) mass is 156 g/mol. The maximum atomic E-state index is 11.1. The Labute approximate surface area is 67.5 Å². The topological polar surface area (TPSA) is 46.3 Å². The summed E-state index contributed by atoms with van der Waals surface area (Å²) in [6.45, 7) is 0. The molecule has 0 aromatic carbocycles. The quantitative estimate of drug-likeness (QED) is 0.367. The summed E-state index contributed by atoms with van der Waals surface area (Å²) in [7, 11) is 1.61. The third-order valence-corrected chi connectivity index (χ3v) is 2.33. The average molecular weight is 156 g/mol. The van der Waals surface area contributed by atoms with Crippen molar-refractivity contribution in [2.24, 2.45) is 11.8 Å². The first-order chi connectivity index (χ1) is 5.20. The summed E-state index contributed by atoms with van der Waals surface area (Å²) >= 11 is 0. The summed E-state index contributed by atoms with van der Waals surface area (Å²) in [6, 6.07) is 0. The zero-order valence-electron chi connectivity index (χ0n) is 7.05. The van der Waals surface area contributed by atoms with Gasteiger partial charge >= 0.3 is 0 Å². The van der Waals surface area contributed by atoms with Gasteiger partial charge in [0.1, 0.15) is 0 Å². The lowest BCUT2D eigenvalue weighted by molar-refractivity contribution is -0.131. The Kier molecular flexibility index (Phi) is 2.88. The molecule has 0 heterocycles. The van der Waals surface area contributed by atoms with Gasteiger partial charge in [-0.2, -0.15) is 0 Å². The second-order valence-electron chi connectivity index (χ2n) is 3.36. The van der Waals surface area contributed by atoms with Crippen molar-refractivity contribution in [3.8, 4) is 0 Å². The third-order valence-electron chi connectivity index (χ3n) is 2.33. The van der Waals surface area contributed by atoms with E-state index in [1.165, 1.54) is 30.7 Å². The first-order valence-electron chi connectivity index (χ1n) is 4.21. The van der Waals surface area contributed by atoms with Crippen molar-refractivity contribution in [2.75, 3.05) is 7.05 Å². The summed E-state index contributed by atoms with van der Waals surface area (Å²) in [5, 5.41) is 1.19. The van der Waals surface area contributed by atoms with Crippen molar-refractivity contribution in [1.82, 2.24) is 5.01 Å². The molecule has 64 valence electrons. The molecule has 3 nitrogen and oxygen atoms in total. The van der Waals surface area contributed by atoms with Crippen molar-refractivity contribution in [2.45, 2.75) is 32.1 Å². The number of nitrogens with zero attached hydrogens (tertiary/aromatic N) is 1. The molecule has 0 radical (unpaired) electrons. The first kappa shape index (κ1) is 8.53. The molecule has 1 aliphatic rings. The van der Waals surface area contributed by atoms with Crippen LogP contribution in [0, 0.1) is 5.92 Å².